The number of pyridine rings is 1. The van der Waals surface area contributed by atoms with Gasteiger partial charge in [0.05, 0.1) is 23.5 Å². The third kappa shape index (κ3) is 4.37. The van der Waals surface area contributed by atoms with Crippen molar-refractivity contribution in [3.05, 3.63) is 46.5 Å². The Morgan fingerprint density at radius 2 is 1.90 bits per heavy atom. The van der Waals surface area contributed by atoms with Gasteiger partial charge >= 0.3 is 6.43 Å². The van der Waals surface area contributed by atoms with Crippen LogP contribution >= 0.6 is 0 Å². The highest BCUT2D eigenvalue weighted by atomic mass is 19.3. The summed E-state index contributed by atoms with van der Waals surface area (Å²) >= 11 is 0. The van der Waals surface area contributed by atoms with Crippen LogP contribution in [-0.4, -0.2) is 44.2 Å². The van der Waals surface area contributed by atoms with Crippen LogP contribution in [0.15, 0.2) is 24.0 Å². The molecular weight excluding hydrogens is 403 g/mol. The number of ketones is 2. The number of alkyl halides is 3. The summed E-state index contributed by atoms with van der Waals surface area (Å²) in [5.74, 6) is -1.29. The summed E-state index contributed by atoms with van der Waals surface area (Å²) in [6.45, 7) is 3.22. The van der Waals surface area contributed by atoms with Gasteiger partial charge in [0.15, 0.2) is 11.6 Å². The van der Waals surface area contributed by atoms with Crippen molar-refractivity contribution in [1.29, 1.82) is 0 Å². The lowest BCUT2D eigenvalue weighted by Crippen LogP contribution is -2.20. The normalized spacial score (nSPS) is 15.6. The highest BCUT2D eigenvalue weighted by Gasteiger charge is 2.29. The number of nitrogens with zero attached hydrogens (tertiary/aromatic N) is 3. The third-order valence-corrected chi connectivity index (χ3v) is 4.81. The Hall–Kier alpha value is -3.17. The molecule has 1 aliphatic rings. The number of aromatic nitrogens is 3. The zero-order valence-electron chi connectivity index (χ0n) is 16.4. The van der Waals surface area contributed by atoms with Crippen LogP contribution in [0.2, 0.25) is 0 Å². The largest absolute Gasteiger partial charge is 0.506 e. The molecule has 7 nitrogen and oxygen atoms in total. The Kier molecular flexibility index (Phi) is 6.23. The fourth-order valence-electron chi connectivity index (χ4n) is 3.22. The summed E-state index contributed by atoms with van der Waals surface area (Å²) < 4.78 is 44.1. The van der Waals surface area contributed by atoms with Crippen LogP contribution in [0.5, 0.6) is 5.75 Å². The van der Waals surface area contributed by atoms with E-state index < -0.39 is 30.1 Å². The standard InChI is InChI=1S/C20H20F3N3O4/c1-10-13(24-7-6-16(10)30-20(23)19(21)22)9-26-8-12(11(2)25-26)18(29)17-14(27)4-3-5-15(17)28/h6-8,19-20,29H,3-5,9H2,1-2H3. The maximum absolute atomic E-state index is 13.2. The van der Waals surface area contributed by atoms with E-state index in [0.29, 0.717) is 23.4 Å². The van der Waals surface area contributed by atoms with Crippen molar-refractivity contribution in [1.82, 2.24) is 14.8 Å². The van der Waals surface area contributed by atoms with E-state index >= 15 is 0 Å². The van der Waals surface area contributed by atoms with Gasteiger partial charge in [-0.15, -0.1) is 0 Å². The van der Waals surface area contributed by atoms with Crippen molar-refractivity contribution < 1.29 is 32.6 Å². The molecule has 0 bridgehead atoms. The molecular formula is C20H20F3N3O4. The summed E-state index contributed by atoms with van der Waals surface area (Å²) in [4.78, 5) is 28.3. The molecule has 2 aromatic heterocycles. The first-order valence-corrected chi connectivity index (χ1v) is 9.26. The minimum Gasteiger partial charge on any atom is -0.506 e. The number of rotatable bonds is 6. The number of aliphatic hydroxyl groups is 1. The molecule has 10 heteroatoms. The molecule has 0 radical (unpaired) electrons. The first-order valence-electron chi connectivity index (χ1n) is 9.26. The number of hydrogen-bond donors (Lipinski definition) is 1. The number of Topliss-reactive ketones (excluding diaryl/α,β-unsaturated/α-hetero) is 2. The lowest BCUT2D eigenvalue weighted by Gasteiger charge is -2.14. The van der Waals surface area contributed by atoms with Gasteiger partial charge in [-0.3, -0.25) is 19.3 Å². The van der Waals surface area contributed by atoms with Gasteiger partial charge in [-0.2, -0.15) is 9.49 Å². The molecule has 1 fully saturated rings. The van der Waals surface area contributed by atoms with Crippen molar-refractivity contribution in [3.8, 4) is 5.75 Å². The third-order valence-electron chi connectivity index (χ3n) is 4.81. The van der Waals surface area contributed by atoms with Crippen molar-refractivity contribution in [2.24, 2.45) is 0 Å². The summed E-state index contributed by atoms with van der Waals surface area (Å²) in [6.07, 6.45) is -2.43. The van der Waals surface area contributed by atoms with Gasteiger partial charge in [-0.25, -0.2) is 8.78 Å². The molecule has 1 aliphatic carbocycles. The zero-order chi connectivity index (χ0) is 22.0. The number of halogens is 3. The first kappa shape index (κ1) is 21.5. The van der Waals surface area contributed by atoms with Crippen LogP contribution in [-0.2, 0) is 16.1 Å². The van der Waals surface area contributed by atoms with Crippen LogP contribution in [0.1, 0.15) is 41.8 Å². The average molecular weight is 423 g/mol. The Balaban J connectivity index is 1.88. The first-order chi connectivity index (χ1) is 14.2. The maximum atomic E-state index is 13.2. The Bertz CT molecular complexity index is 999. The van der Waals surface area contributed by atoms with Gasteiger partial charge in [0, 0.05) is 30.8 Å². The highest BCUT2D eigenvalue weighted by Crippen LogP contribution is 2.27. The van der Waals surface area contributed by atoms with E-state index in [-0.39, 0.29) is 36.3 Å². The summed E-state index contributed by atoms with van der Waals surface area (Å²) in [7, 11) is 0. The van der Waals surface area contributed by atoms with Crippen molar-refractivity contribution in [2.45, 2.75) is 52.4 Å². The molecule has 1 atom stereocenters. The molecule has 2 aromatic rings. The molecule has 1 unspecified atom stereocenters. The van der Waals surface area contributed by atoms with Gasteiger partial charge in [0.2, 0.25) is 0 Å². The Morgan fingerprint density at radius 3 is 2.53 bits per heavy atom. The Morgan fingerprint density at radius 1 is 1.23 bits per heavy atom. The predicted molar refractivity (Wildman–Crippen MR) is 100.0 cm³/mol. The molecule has 160 valence electrons. The molecule has 1 N–H and O–H groups in total. The number of ether oxygens (including phenoxy) is 1. The molecule has 3 rings (SSSR count). The molecule has 1 saturated carbocycles. The van der Waals surface area contributed by atoms with E-state index in [1.807, 2.05) is 0 Å². The number of carbonyl (C=O) groups excluding carboxylic acids is 2. The van der Waals surface area contributed by atoms with E-state index in [2.05, 4.69) is 14.8 Å². The second kappa shape index (κ2) is 8.68. The van der Waals surface area contributed by atoms with Gasteiger partial charge in [0.1, 0.15) is 17.1 Å². The van der Waals surface area contributed by atoms with Gasteiger partial charge in [-0.05, 0) is 26.3 Å². The lowest BCUT2D eigenvalue weighted by atomic mass is 9.90. The second-order valence-electron chi connectivity index (χ2n) is 6.93. The molecule has 0 aromatic carbocycles. The van der Waals surface area contributed by atoms with E-state index in [1.54, 1.807) is 13.8 Å². The quantitative estimate of drug-likeness (QED) is 0.434. The molecule has 0 aliphatic heterocycles. The van der Waals surface area contributed by atoms with E-state index in [9.17, 15) is 27.9 Å². The lowest BCUT2D eigenvalue weighted by molar-refractivity contribution is -0.123. The Labute approximate surface area is 170 Å². The van der Waals surface area contributed by atoms with Gasteiger partial charge in [0.25, 0.3) is 6.36 Å². The number of allylic oxidation sites excluding steroid dienone is 1. The topological polar surface area (TPSA) is 94.3 Å². The highest BCUT2D eigenvalue weighted by molar-refractivity contribution is 6.25. The van der Waals surface area contributed by atoms with Crippen molar-refractivity contribution in [2.75, 3.05) is 0 Å². The predicted octanol–water partition coefficient (Wildman–Crippen LogP) is 3.47. The molecule has 0 spiro atoms. The number of carbonyl (C=O) groups is 2. The molecule has 2 heterocycles. The molecule has 0 saturated heterocycles. The average Bonchev–Trinajstić information content (AvgIpc) is 3.04. The molecule has 0 amide bonds. The minimum absolute atomic E-state index is 0.0692. The minimum atomic E-state index is -3.28. The summed E-state index contributed by atoms with van der Waals surface area (Å²) in [5, 5.41) is 14.8. The van der Waals surface area contributed by atoms with E-state index in [4.69, 9.17) is 0 Å². The van der Waals surface area contributed by atoms with Gasteiger partial charge in [-0.1, -0.05) is 0 Å². The fourth-order valence-corrected chi connectivity index (χ4v) is 3.22. The summed E-state index contributed by atoms with van der Waals surface area (Å²) in [6, 6.07) is 1.28. The van der Waals surface area contributed by atoms with Crippen LogP contribution in [0.4, 0.5) is 13.2 Å². The van der Waals surface area contributed by atoms with E-state index in [1.165, 1.54) is 23.1 Å². The smallest absolute Gasteiger partial charge is 0.304 e. The second-order valence-corrected chi connectivity index (χ2v) is 6.93. The number of aryl methyl sites for hydroxylation is 1. The number of aliphatic hydroxyl groups excluding tert-OH is 1. The van der Waals surface area contributed by atoms with Crippen LogP contribution in [0.3, 0.4) is 0 Å². The van der Waals surface area contributed by atoms with Crippen LogP contribution in [0, 0.1) is 13.8 Å². The molecule has 30 heavy (non-hydrogen) atoms. The maximum Gasteiger partial charge on any atom is 0.304 e. The van der Waals surface area contributed by atoms with E-state index in [0.717, 1.165) is 0 Å². The SMILES string of the molecule is Cc1nn(Cc2nccc(OC(F)C(F)F)c2C)cc1C(O)=C1C(=O)CCCC1=O. The van der Waals surface area contributed by atoms with Crippen LogP contribution < -0.4 is 4.74 Å². The van der Waals surface area contributed by atoms with Crippen molar-refractivity contribution in [3.63, 3.8) is 0 Å². The van der Waals surface area contributed by atoms with Crippen molar-refractivity contribution >= 4 is 17.3 Å². The fraction of sp³-hybridized carbons (Fsp3) is 0.400. The van der Waals surface area contributed by atoms with Crippen LogP contribution in [0.25, 0.3) is 5.76 Å². The zero-order valence-corrected chi connectivity index (χ0v) is 16.4. The summed E-state index contributed by atoms with van der Waals surface area (Å²) in [5.41, 5.74) is 1.16. The number of hydrogen-bond acceptors (Lipinski definition) is 6. The monoisotopic (exact) mass is 423 g/mol. The van der Waals surface area contributed by atoms with Gasteiger partial charge < -0.3 is 9.84 Å².